The van der Waals surface area contributed by atoms with E-state index in [0.717, 1.165) is 30.8 Å². The zero-order valence-corrected chi connectivity index (χ0v) is 12.3. The molecule has 2 saturated heterocycles. The van der Waals surface area contributed by atoms with Gasteiger partial charge < -0.3 is 10.2 Å². The number of hydrogen-bond donors (Lipinski definition) is 1. The quantitative estimate of drug-likeness (QED) is 0.925. The predicted molar refractivity (Wildman–Crippen MR) is 80.0 cm³/mol. The number of thiophene rings is 1. The van der Waals surface area contributed by atoms with Crippen LogP contribution in [-0.4, -0.2) is 41.5 Å². The summed E-state index contributed by atoms with van der Waals surface area (Å²) in [5.74, 6) is 0.220. The van der Waals surface area contributed by atoms with Gasteiger partial charge >= 0.3 is 0 Å². The van der Waals surface area contributed by atoms with Crippen LogP contribution >= 0.6 is 11.3 Å². The van der Waals surface area contributed by atoms with Crippen molar-refractivity contribution < 1.29 is 9.18 Å². The zero-order chi connectivity index (χ0) is 14.4. The highest BCUT2D eigenvalue weighted by atomic mass is 32.1. The van der Waals surface area contributed by atoms with Gasteiger partial charge in [0, 0.05) is 36.1 Å². The third kappa shape index (κ3) is 2.42. The van der Waals surface area contributed by atoms with E-state index >= 15 is 0 Å². The van der Waals surface area contributed by atoms with Crippen LogP contribution in [0.4, 0.5) is 4.39 Å². The van der Waals surface area contributed by atoms with E-state index in [1.54, 1.807) is 12.3 Å². The number of pyridine rings is 1. The Bertz CT molecular complexity index is 689. The Labute approximate surface area is 126 Å². The number of fused-ring (bicyclic) bond motifs is 3. The third-order valence-corrected chi connectivity index (χ3v) is 5.35. The molecule has 1 N–H and O–H groups in total. The lowest BCUT2D eigenvalue weighted by Crippen LogP contribution is -2.47. The van der Waals surface area contributed by atoms with Crippen LogP contribution < -0.4 is 5.32 Å². The fourth-order valence-electron chi connectivity index (χ4n) is 3.45. The molecule has 110 valence electrons. The van der Waals surface area contributed by atoms with E-state index < -0.39 is 0 Å². The maximum Gasteiger partial charge on any atom is 0.270 e. The van der Waals surface area contributed by atoms with Gasteiger partial charge in [0.05, 0.1) is 4.70 Å². The molecule has 0 saturated carbocycles. The van der Waals surface area contributed by atoms with Crippen LogP contribution in [0, 0.1) is 11.7 Å². The lowest BCUT2D eigenvalue weighted by Gasteiger charge is -2.30. The van der Waals surface area contributed by atoms with Gasteiger partial charge in [-0.3, -0.25) is 4.79 Å². The van der Waals surface area contributed by atoms with E-state index in [0.29, 0.717) is 17.0 Å². The Hall–Kier alpha value is -1.53. The molecule has 2 bridgehead atoms. The third-order valence-electron chi connectivity index (χ3n) is 4.45. The highest BCUT2D eigenvalue weighted by Crippen LogP contribution is 2.27. The van der Waals surface area contributed by atoms with Gasteiger partial charge in [-0.15, -0.1) is 11.3 Å². The number of rotatable bonds is 2. The summed E-state index contributed by atoms with van der Waals surface area (Å²) in [6.45, 7) is 3.22. The molecule has 0 aliphatic carbocycles. The van der Waals surface area contributed by atoms with Crippen LogP contribution in [0.2, 0.25) is 0 Å². The molecule has 0 aromatic carbocycles. The number of carbonyl (C=O) groups excluding carboxylic acids is 1. The van der Waals surface area contributed by atoms with E-state index in [-0.39, 0.29) is 17.8 Å². The molecule has 2 aliphatic rings. The fourth-order valence-corrected chi connectivity index (χ4v) is 4.20. The van der Waals surface area contributed by atoms with Gasteiger partial charge in [-0.05, 0) is 31.4 Å². The summed E-state index contributed by atoms with van der Waals surface area (Å²) in [6.07, 6.45) is 3.85. The average Bonchev–Trinajstić information content (AvgIpc) is 3.02. The number of nitrogens with one attached hydrogen (secondary N) is 1. The second kappa shape index (κ2) is 5.03. The number of nitrogens with zero attached hydrogens (tertiary/aromatic N) is 2. The average molecular weight is 305 g/mol. The molecule has 4 rings (SSSR count). The van der Waals surface area contributed by atoms with Gasteiger partial charge in [-0.2, -0.15) is 0 Å². The summed E-state index contributed by atoms with van der Waals surface area (Å²) < 4.78 is 14.4. The Balaban J connectivity index is 1.52. The number of aromatic nitrogens is 1. The van der Waals surface area contributed by atoms with Crippen molar-refractivity contribution >= 4 is 27.3 Å². The van der Waals surface area contributed by atoms with E-state index in [9.17, 15) is 9.18 Å². The molecule has 2 fully saturated rings. The van der Waals surface area contributed by atoms with E-state index in [2.05, 4.69) is 15.2 Å². The van der Waals surface area contributed by atoms with Gasteiger partial charge in [0.25, 0.3) is 5.91 Å². The molecule has 0 radical (unpaired) electrons. The topological polar surface area (TPSA) is 45.2 Å². The smallest absolute Gasteiger partial charge is 0.270 e. The van der Waals surface area contributed by atoms with Gasteiger partial charge in [0.2, 0.25) is 0 Å². The maximum atomic E-state index is 13.6. The molecule has 4 nitrogen and oxygen atoms in total. The number of hydrogen-bond acceptors (Lipinski definition) is 4. The van der Waals surface area contributed by atoms with Crippen LogP contribution in [0.1, 0.15) is 23.3 Å². The molecule has 0 spiro atoms. The number of halogens is 1. The van der Waals surface area contributed by atoms with Crippen LogP contribution in [-0.2, 0) is 0 Å². The standard InChI is InChI=1S/C15H16FN3OS/c16-12-8-21-14-5-17-13(4-11(12)14)15(20)18-10-3-9-1-2-19(6-9)7-10/h4-5,8-10H,1-3,6-7H2,(H,18,20). The molecular weight excluding hydrogens is 289 g/mol. The summed E-state index contributed by atoms with van der Waals surface area (Å²) in [6, 6.07) is 1.73. The minimum Gasteiger partial charge on any atom is -0.347 e. The van der Waals surface area contributed by atoms with Crippen molar-refractivity contribution in [3.63, 3.8) is 0 Å². The molecule has 6 heteroatoms. The molecule has 2 aromatic rings. The Morgan fingerprint density at radius 3 is 3.24 bits per heavy atom. The normalized spacial score (nSPS) is 28.0. The lowest BCUT2D eigenvalue weighted by molar-refractivity contribution is 0.0904. The van der Waals surface area contributed by atoms with Crippen molar-refractivity contribution in [1.82, 2.24) is 15.2 Å². The van der Waals surface area contributed by atoms with Gasteiger partial charge in [-0.1, -0.05) is 0 Å². The molecule has 21 heavy (non-hydrogen) atoms. The second-order valence-electron chi connectivity index (χ2n) is 5.97. The molecule has 2 aliphatic heterocycles. The fraction of sp³-hybridized carbons (Fsp3) is 0.467. The molecular formula is C15H16FN3OS. The zero-order valence-electron chi connectivity index (χ0n) is 11.5. The Morgan fingerprint density at radius 2 is 2.38 bits per heavy atom. The summed E-state index contributed by atoms with van der Waals surface area (Å²) in [4.78, 5) is 18.9. The van der Waals surface area contributed by atoms with Crippen molar-refractivity contribution in [2.45, 2.75) is 18.9 Å². The summed E-state index contributed by atoms with van der Waals surface area (Å²) >= 11 is 1.30. The molecule has 3 atom stereocenters. The van der Waals surface area contributed by atoms with Gasteiger partial charge in [0.1, 0.15) is 11.5 Å². The summed E-state index contributed by atoms with van der Waals surface area (Å²) in [5.41, 5.74) is 0.299. The number of carbonyl (C=O) groups is 1. The highest BCUT2D eigenvalue weighted by molar-refractivity contribution is 7.17. The first-order chi connectivity index (χ1) is 10.2. The number of amides is 1. The molecule has 3 unspecified atom stereocenters. The molecule has 4 heterocycles. The first-order valence-electron chi connectivity index (χ1n) is 7.25. The van der Waals surface area contributed by atoms with Crippen LogP contribution in [0.25, 0.3) is 10.1 Å². The minimum atomic E-state index is -0.284. The molecule has 1 amide bonds. The van der Waals surface area contributed by atoms with Crippen molar-refractivity contribution in [3.05, 3.63) is 29.2 Å². The van der Waals surface area contributed by atoms with Crippen molar-refractivity contribution in [2.24, 2.45) is 5.92 Å². The van der Waals surface area contributed by atoms with E-state index in [1.807, 2.05) is 0 Å². The van der Waals surface area contributed by atoms with E-state index in [4.69, 9.17) is 0 Å². The maximum absolute atomic E-state index is 13.6. The summed E-state index contributed by atoms with van der Waals surface area (Å²) in [7, 11) is 0. The van der Waals surface area contributed by atoms with Crippen LogP contribution in [0.15, 0.2) is 17.6 Å². The predicted octanol–water partition coefficient (Wildman–Crippen LogP) is 2.26. The minimum absolute atomic E-state index is 0.184. The monoisotopic (exact) mass is 305 g/mol. The highest BCUT2D eigenvalue weighted by Gasteiger charge is 2.33. The van der Waals surface area contributed by atoms with Crippen molar-refractivity contribution in [2.75, 3.05) is 19.6 Å². The SMILES string of the molecule is O=C(NC1CC2CCN(C2)C1)c1cc2c(F)csc2cn1. The lowest BCUT2D eigenvalue weighted by atomic mass is 9.97. The van der Waals surface area contributed by atoms with Crippen molar-refractivity contribution in [3.8, 4) is 0 Å². The van der Waals surface area contributed by atoms with Crippen LogP contribution in [0.5, 0.6) is 0 Å². The Morgan fingerprint density at radius 1 is 1.48 bits per heavy atom. The van der Waals surface area contributed by atoms with Gasteiger partial charge in [0.15, 0.2) is 0 Å². The first kappa shape index (κ1) is 13.2. The number of piperidine rings is 1. The van der Waals surface area contributed by atoms with Crippen molar-refractivity contribution in [1.29, 1.82) is 0 Å². The first-order valence-corrected chi connectivity index (χ1v) is 8.13. The summed E-state index contributed by atoms with van der Waals surface area (Å²) in [5, 5.41) is 4.97. The second-order valence-corrected chi connectivity index (χ2v) is 6.88. The van der Waals surface area contributed by atoms with Gasteiger partial charge in [-0.25, -0.2) is 9.37 Å². The van der Waals surface area contributed by atoms with Crippen LogP contribution in [0.3, 0.4) is 0 Å². The van der Waals surface area contributed by atoms with E-state index in [1.165, 1.54) is 23.1 Å². The molecule has 2 aromatic heterocycles. The Kier molecular flexibility index (Phi) is 3.15. The largest absolute Gasteiger partial charge is 0.347 e.